The number of hydrogen-bond acceptors (Lipinski definition) is 4. The lowest BCUT2D eigenvalue weighted by atomic mass is 10.1. The third-order valence-electron chi connectivity index (χ3n) is 3.87. The van der Waals surface area contributed by atoms with Crippen LogP contribution in [0.2, 0.25) is 0 Å². The molecule has 0 saturated heterocycles. The molecule has 26 heavy (non-hydrogen) atoms. The van der Waals surface area contributed by atoms with E-state index in [1.807, 2.05) is 60.7 Å². The van der Waals surface area contributed by atoms with Gasteiger partial charge in [0.05, 0.1) is 11.1 Å². The molecule has 134 valence electrons. The van der Waals surface area contributed by atoms with E-state index in [0.717, 1.165) is 11.1 Å². The molecule has 0 heterocycles. The number of hydrogen-bond donors (Lipinski definition) is 2. The lowest BCUT2D eigenvalue weighted by Gasteiger charge is -2.18. The van der Waals surface area contributed by atoms with Crippen molar-refractivity contribution < 1.29 is 19.7 Å². The van der Waals surface area contributed by atoms with E-state index < -0.39 is 0 Å². The second-order valence-electron chi connectivity index (χ2n) is 5.73. The maximum Gasteiger partial charge on any atom is 0.205 e. The molecule has 0 aliphatic carbocycles. The van der Waals surface area contributed by atoms with Crippen molar-refractivity contribution in [1.29, 1.82) is 0 Å². The molecule has 3 rings (SSSR count). The van der Waals surface area contributed by atoms with Crippen molar-refractivity contribution >= 4 is 15.9 Å². The van der Waals surface area contributed by atoms with Gasteiger partial charge in [0.25, 0.3) is 0 Å². The Balaban J connectivity index is 1.87. The third kappa shape index (κ3) is 4.36. The highest BCUT2D eigenvalue weighted by Gasteiger charge is 2.19. The van der Waals surface area contributed by atoms with Crippen molar-refractivity contribution in [1.82, 2.24) is 0 Å². The highest BCUT2D eigenvalue weighted by molar-refractivity contribution is 9.10. The van der Waals surface area contributed by atoms with E-state index in [9.17, 15) is 10.2 Å². The molecule has 0 atom stereocenters. The molecule has 2 N–H and O–H groups in total. The van der Waals surface area contributed by atoms with Crippen molar-refractivity contribution in [2.24, 2.45) is 0 Å². The van der Waals surface area contributed by atoms with Crippen LogP contribution < -0.4 is 9.47 Å². The number of rotatable bonds is 7. The van der Waals surface area contributed by atoms with Crippen LogP contribution in [-0.4, -0.2) is 10.2 Å². The zero-order chi connectivity index (χ0) is 18.4. The molecular formula is C21H19BrO4. The Morgan fingerprint density at radius 3 is 1.77 bits per heavy atom. The highest BCUT2D eigenvalue weighted by Crippen LogP contribution is 2.45. The first-order valence-corrected chi connectivity index (χ1v) is 8.97. The minimum atomic E-state index is -0.301. The average molecular weight is 415 g/mol. The number of phenols is 1. The smallest absolute Gasteiger partial charge is 0.205 e. The number of aliphatic hydroxyl groups is 1. The lowest BCUT2D eigenvalue weighted by Crippen LogP contribution is -2.03. The molecule has 0 amide bonds. The van der Waals surface area contributed by atoms with Crippen molar-refractivity contribution in [3.63, 3.8) is 0 Å². The van der Waals surface area contributed by atoms with E-state index in [-0.39, 0.29) is 24.7 Å². The maximum absolute atomic E-state index is 10.5. The predicted octanol–water partition coefficient (Wildman–Crippen LogP) is 4.81. The predicted molar refractivity (Wildman–Crippen MR) is 103 cm³/mol. The Bertz CT molecular complexity index is 851. The fraction of sp³-hybridized carbons (Fsp3) is 0.143. The summed E-state index contributed by atoms with van der Waals surface area (Å²) >= 11 is 3.45. The van der Waals surface area contributed by atoms with Gasteiger partial charge in [0.1, 0.15) is 13.2 Å². The summed E-state index contributed by atoms with van der Waals surface area (Å²) in [6.07, 6.45) is 0. The Morgan fingerprint density at radius 2 is 1.27 bits per heavy atom. The molecule has 4 nitrogen and oxygen atoms in total. The second kappa shape index (κ2) is 8.74. The van der Waals surface area contributed by atoms with E-state index in [1.54, 1.807) is 6.07 Å². The zero-order valence-corrected chi connectivity index (χ0v) is 15.6. The van der Waals surface area contributed by atoms with Gasteiger partial charge in [-0.05, 0) is 33.1 Å². The summed E-state index contributed by atoms with van der Waals surface area (Å²) < 4.78 is 12.4. The summed E-state index contributed by atoms with van der Waals surface area (Å²) in [5.41, 5.74) is 2.33. The number of halogens is 1. The van der Waals surface area contributed by atoms with Crippen LogP contribution in [0.15, 0.2) is 71.2 Å². The molecule has 0 unspecified atom stereocenters. The van der Waals surface area contributed by atoms with Gasteiger partial charge in [-0.15, -0.1) is 0 Å². The standard InChI is InChI=1S/C21H19BrO4/c22-18-11-17(12-23)19(24)21(26-14-16-9-5-2-6-10-16)20(18)25-13-15-7-3-1-4-8-15/h1-11,23-24H,12-14H2. The first-order valence-electron chi connectivity index (χ1n) is 8.17. The molecule has 0 bridgehead atoms. The monoisotopic (exact) mass is 414 g/mol. The van der Waals surface area contributed by atoms with Crippen molar-refractivity contribution in [3.8, 4) is 17.2 Å². The fourth-order valence-corrected chi connectivity index (χ4v) is 3.07. The van der Waals surface area contributed by atoms with Gasteiger partial charge in [-0.25, -0.2) is 0 Å². The van der Waals surface area contributed by atoms with Gasteiger partial charge in [0, 0.05) is 5.56 Å². The van der Waals surface area contributed by atoms with Crippen LogP contribution in [0.3, 0.4) is 0 Å². The van der Waals surface area contributed by atoms with Crippen molar-refractivity contribution in [3.05, 3.63) is 87.9 Å². The summed E-state index contributed by atoms with van der Waals surface area (Å²) in [7, 11) is 0. The Labute approximate surface area is 160 Å². The normalized spacial score (nSPS) is 10.5. The zero-order valence-electron chi connectivity index (χ0n) is 14.1. The molecule has 0 radical (unpaired) electrons. The minimum Gasteiger partial charge on any atom is -0.504 e. The van der Waals surface area contributed by atoms with Gasteiger partial charge in [-0.1, -0.05) is 60.7 Å². The van der Waals surface area contributed by atoms with Gasteiger partial charge < -0.3 is 19.7 Å². The largest absolute Gasteiger partial charge is 0.504 e. The van der Waals surface area contributed by atoms with E-state index in [4.69, 9.17) is 9.47 Å². The van der Waals surface area contributed by atoms with Crippen LogP contribution in [0.1, 0.15) is 16.7 Å². The van der Waals surface area contributed by atoms with Gasteiger partial charge >= 0.3 is 0 Å². The summed E-state index contributed by atoms with van der Waals surface area (Å²) in [6.45, 7) is 0.307. The van der Waals surface area contributed by atoms with Crippen molar-refractivity contribution in [2.75, 3.05) is 0 Å². The van der Waals surface area contributed by atoms with Gasteiger partial charge in [-0.3, -0.25) is 0 Å². The molecule has 0 aliphatic heterocycles. The summed E-state index contributed by atoms with van der Waals surface area (Å²) in [4.78, 5) is 0. The molecule has 0 aliphatic rings. The summed E-state index contributed by atoms with van der Waals surface area (Å²) in [6, 6.07) is 21.0. The summed E-state index contributed by atoms with van der Waals surface area (Å²) in [5.74, 6) is 0.498. The van der Waals surface area contributed by atoms with Gasteiger partial charge in [0.15, 0.2) is 11.5 Å². The number of aromatic hydroxyl groups is 1. The molecule has 3 aromatic rings. The molecule has 0 saturated carbocycles. The van der Waals surface area contributed by atoms with Crippen LogP contribution in [-0.2, 0) is 19.8 Å². The Morgan fingerprint density at radius 1 is 0.769 bits per heavy atom. The van der Waals surface area contributed by atoms with Crippen LogP contribution in [0, 0.1) is 0 Å². The topological polar surface area (TPSA) is 58.9 Å². The van der Waals surface area contributed by atoms with Crippen molar-refractivity contribution in [2.45, 2.75) is 19.8 Å². The number of aliphatic hydroxyl groups excluding tert-OH is 1. The average Bonchev–Trinajstić information content (AvgIpc) is 2.69. The minimum absolute atomic E-state index is 0.116. The van der Waals surface area contributed by atoms with Crippen LogP contribution in [0.25, 0.3) is 0 Å². The maximum atomic E-state index is 10.5. The molecule has 0 fully saturated rings. The van der Waals surface area contributed by atoms with Crippen LogP contribution in [0.5, 0.6) is 17.2 Å². The van der Waals surface area contributed by atoms with E-state index in [1.165, 1.54) is 0 Å². The number of ether oxygens (including phenoxy) is 2. The van der Waals surface area contributed by atoms with Gasteiger partial charge in [-0.2, -0.15) is 0 Å². The third-order valence-corrected chi connectivity index (χ3v) is 4.45. The fourth-order valence-electron chi connectivity index (χ4n) is 2.50. The van der Waals surface area contributed by atoms with Crippen LogP contribution >= 0.6 is 15.9 Å². The molecule has 5 heteroatoms. The van der Waals surface area contributed by atoms with E-state index in [0.29, 0.717) is 22.4 Å². The van der Waals surface area contributed by atoms with E-state index in [2.05, 4.69) is 15.9 Å². The quantitative estimate of drug-likeness (QED) is 0.582. The molecular weight excluding hydrogens is 396 g/mol. The second-order valence-corrected chi connectivity index (χ2v) is 6.59. The Hall–Kier alpha value is -2.50. The van der Waals surface area contributed by atoms with Crippen LogP contribution in [0.4, 0.5) is 0 Å². The molecule has 0 spiro atoms. The molecule has 0 aromatic heterocycles. The SMILES string of the molecule is OCc1cc(Br)c(OCc2ccccc2)c(OCc2ccccc2)c1O. The lowest BCUT2D eigenvalue weighted by molar-refractivity contribution is 0.237. The first-order chi connectivity index (χ1) is 12.7. The van der Waals surface area contributed by atoms with Gasteiger partial charge in [0.2, 0.25) is 5.75 Å². The summed E-state index contributed by atoms with van der Waals surface area (Å²) in [5, 5.41) is 20.0. The van der Waals surface area contributed by atoms with E-state index >= 15 is 0 Å². The molecule has 3 aromatic carbocycles. The Kier molecular flexibility index (Phi) is 6.15. The number of benzene rings is 3. The highest BCUT2D eigenvalue weighted by atomic mass is 79.9. The first kappa shape index (κ1) is 18.3.